The first-order valence-corrected chi connectivity index (χ1v) is 15.9. The van der Waals surface area contributed by atoms with E-state index in [4.69, 9.17) is 9.47 Å². The molecule has 0 aliphatic carbocycles. The first-order valence-electron chi connectivity index (χ1n) is 15.9. The number of nitrogens with one attached hydrogen (secondary N) is 2. The molecule has 3 unspecified atom stereocenters. The predicted molar refractivity (Wildman–Crippen MR) is 177 cm³/mol. The lowest BCUT2D eigenvalue weighted by molar-refractivity contribution is -0.146. The van der Waals surface area contributed by atoms with Crippen LogP contribution in [-0.2, 0) is 30.3 Å². The topological polar surface area (TPSA) is 138 Å². The van der Waals surface area contributed by atoms with Gasteiger partial charge in [-0.15, -0.1) is 0 Å². The van der Waals surface area contributed by atoms with Crippen LogP contribution in [0.15, 0.2) is 42.5 Å². The zero-order chi connectivity index (χ0) is 34.6. The fraction of sp³-hybridized carbons (Fsp3) is 0.600. The second-order valence-electron chi connectivity index (χ2n) is 14.5. The molecule has 1 heterocycles. The van der Waals surface area contributed by atoms with E-state index in [1.807, 2.05) is 70.2 Å². The number of benzene rings is 2. The average Bonchev–Trinajstić information content (AvgIpc) is 3.38. The van der Waals surface area contributed by atoms with Gasteiger partial charge >= 0.3 is 12.1 Å². The summed E-state index contributed by atoms with van der Waals surface area (Å²) in [5.74, 6) is -1.33. The monoisotopic (exact) mass is 640 g/mol. The quantitative estimate of drug-likeness (QED) is 0.263. The number of carbonyl (C=O) groups excluding carboxylic acids is 4. The van der Waals surface area contributed by atoms with E-state index in [2.05, 4.69) is 10.6 Å². The minimum atomic E-state index is -1.24. The molecule has 2 aromatic carbocycles. The van der Waals surface area contributed by atoms with Gasteiger partial charge in [-0.3, -0.25) is 24.6 Å². The van der Waals surface area contributed by atoms with E-state index in [9.17, 15) is 24.3 Å². The second-order valence-corrected chi connectivity index (χ2v) is 14.5. The van der Waals surface area contributed by atoms with Crippen LogP contribution in [0, 0.1) is 11.3 Å². The molecule has 1 aliphatic rings. The molecule has 1 fully saturated rings. The van der Waals surface area contributed by atoms with Gasteiger partial charge in [0, 0.05) is 13.6 Å². The lowest BCUT2D eigenvalue weighted by Crippen LogP contribution is -2.61. The molecule has 254 valence electrons. The predicted octanol–water partition coefficient (Wildman–Crippen LogP) is 3.86. The average molecular weight is 641 g/mol. The highest BCUT2D eigenvalue weighted by molar-refractivity contribution is 5.92. The van der Waals surface area contributed by atoms with Gasteiger partial charge in [0.2, 0.25) is 11.8 Å². The number of fused-ring (bicyclic) bond motifs is 1. The van der Waals surface area contributed by atoms with Crippen molar-refractivity contribution in [1.29, 1.82) is 0 Å². The summed E-state index contributed by atoms with van der Waals surface area (Å²) in [6.07, 6.45) is -1.13. The summed E-state index contributed by atoms with van der Waals surface area (Å²) in [5, 5.41) is 19.5. The Bertz CT molecular complexity index is 1400. The Balaban J connectivity index is 1.78. The molecule has 11 heteroatoms. The summed E-state index contributed by atoms with van der Waals surface area (Å²) in [5.41, 5.74) is -0.539. The highest BCUT2D eigenvalue weighted by Gasteiger charge is 2.45. The molecular weight excluding hydrogens is 588 g/mol. The first kappa shape index (κ1) is 36.8. The molecular formula is C35H52N4O7. The maximum Gasteiger partial charge on any atom is 0.410 e. The van der Waals surface area contributed by atoms with Gasteiger partial charge in [-0.2, -0.15) is 0 Å². The van der Waals surface area contributed by atoms with Crippen LogP contribution in [0.4, 0.5) is 4.79 Å². The van der Waals surface area contributed by atoms with E-state index in [0.29, 0.717) is 13.0 Å². The number of carbonyl (C=O) groups is 4. The molecule has 3 amide bonds. The molecule has 1 saturated heterocycles. The number of methoxy groups -OCH3 is 1. The molecule has 0 aromatic heterocycles. The number of aliphatic hydroxyl groups excluding tert-OH is 1. The standard InChI is InChI=1S/C35H52N4O7/c1-21-17-27(30(41)36-26(32(43)45-10)19-23-15-16-24-13-11-12-14-25(24)18-23)39(20-21)31(42)28(34(3,4)5)37-29(40)22(2)38(9)33(44)46-35(6,7)8/h11-16,18,21-22,26-28,30,36,41H,17,19-20H2,1-10H3,(H,37,40)/t21-,22?,26-,27?,28+,30?/m0/s1. The summed E-state index contributed by atoms with van der Waals surface area (Å²) in [7, 11) is 2.77. The van der Waals surface area contributed by atoms with Gasteiger partial charge in [-0.25, -0.2) is 4.79 Å². The maximum absolute atomic E-state index is 14.2. The summed E-state index contributed by atoms with van der Waals surface area (Å²) in [4.78, 5) is 55.8. The fourth-order valence-corrected chi connectivity index (χ4v) is 5.65. The van der Waals surface area contributed by atoms with Crippen LogP contribution in [0.25, 0.3) is 10.8 Å². The summed E-state index contributed by atoms with van der Waals surface area (Å²) < 4.78 is 10.5. The largest absolute Gasteiger partial charge is 0.468 e. The van der Waals surface area contributed by atoms with Gasteiger partial charge in [-0.05, 0) is 68.2 Å². The third-order valence-corrected chi connectivity index (χ3v) is 8.35. The number of ether oxygens (including phenoxy) is 2. The molecule has 0 radical (unpaired) electrons. The van der Waals surface area contributed by atoms with Crippen LogP contribution >= 0.6 is 0 Å². The van der Waals surface area contributed by atoms with Crippen molar-refractivity contribution >= 4 is 34.6 Å². The number of amides is 3. The van der Waals surface area contributed by atoms with Gasteiger partial charge in [0.05, 0.1) is 13.2 Å². The van der Waals surface area contributed by atoms with Crippen LogP contribution in [0.3, 0.4) is 0 Å². The molecule has 2 aromatic rings. The molecule has 46 heavy (non-hydrogen) atoms. The van der Waals surface area contributed by atoms with Crippen molar-refractivity contribution < 1.29 is 33.8 Å². The Kier molecular flexibility index (Phi) is 11.8. The number of likely N-dealkylation sites (N-methyl/N-ethyl adjacent to an activating group) is 1. The Morgan fingerprint density at radius 2 is 1.67 bits per heavy atom. The highest BCUT2D eigenvalue weighted by atomic mass is 16.6. The Morgan fingerprint density at radius 3 is 2.26 bits per heavy atom. The van der Waals surface area contributed by atoms with Gasteiger partial charge in [0.1, 0.15) is 30.0 Å². The molecule has 0 saturated carbocycles. The van der Waals surface area contributed by atoms with Crippen LogP contribution in [0.2, 0.25) is 0 Å². The zero-order valence-corrected chi connectivity index (χ0v) is 28.9. The minimum Gasteiger partial charge on any atom is -0.468 e. The van der Waals surface area contributed by atoms with Crippen molar-refractivity contribution in [3.63, 3.8) is 0 Å². The maximum atomic E-state index is 14.2. The Hall–Kier alpha value is -3.70. The Labute approximate surface area is 273 Å². The molecule has 3 N–H and O–H groups in total. The highest BCUT2D eigenvalue weighted by Crippen LogP contribution is 2.30. The van der Waals surface area contributed by atoms with Gasteiger partial charge in [0.25, 0.3) is 0 Å². The fourth-order valence-electron chi connectivity index (χ4n) is 5.65. The molecule has 0 spiro atoms. The van der Waals surface area contributed by atoms with E-state index >= 15 is 0 Å². The molecule has 6 atom stereocenters. The van der Waals surface area contributed by atoms with Crippen molar-refractivity contribution in [3.8, 4) is 0 Å². The first-order chi connectivity index (χ1) is 21.3. The third-order valence-electron chi connectivity index (χ3n) is 8.35. The van der Waals surface area contributed by atoms with E-state index in [-0.39, 0.29) is 18.2 Å². The summed E-state index contributed by atoms with van der Waals surface area (Å²) >= 11 is 0. The van der Waals surface area contributed by atoms with Gasteiger partial charge in [-0.1, -0.05) is 70.2 Å². The summed E-state index contributed by atoms with van der Waals surface area (Å²) in [6, 6.07) is 10.5. The second kappa shape index (κ2) is 14.8. The number of hydrogen-bond donors (Lipinski definition) is 3. The van der Waals surface area contributed by atoms with Crippen LogP contribution < -0.4 is 10.6 Å². The number of nitrogens with zero attached hydrogens (tertiary/aromatic N) is 2. The van der Waals surface area contributed by atoms with E-state index < -0.39 is 59.4 Å². The molecule has 3 rings (SSSR count). The number of hydrogen-bond acceptors (Lipinski definition) is 8. The number of esters is 1. The molecule has 0 bridgehead atoms. The van der Waals surface area contributed by atoms with Crippen molar-refractivity contribution in [2.24, 2.45) is 11.3 Å². The SMILES string of the molecule is COC(=O)[C@H](Cc1ccc2ccccc2c1)NC(O)C1C[C@H](C)CN1C(=O)[C@@H](NC(=O)C(C)N(C)C(=O)OC(C)(C)C)C(C)(C)C. The minimum absolute atomic E-state index is 0.0657. The van der Waals surface area contributed by atoms with E-state index in [0.717, 1.165) is 16.3 Å². The lowest BCUT2D eigenvalue weighted by Gasteiger charge is -2.38. The van der Waals surface area contributed by atoms with Gasteiger partial charge in [0.15, 0.2) is 0 Å². The van der Waals surface area contributed by atoms with Crippen molar-refractivity contribution in [1.82, 2.24) is 20.4 Å². The smallest absolute Gasteiger partial charge is 0.410 e. The number of likely N-dealkylation sites (tertiary alicyclic amines) is 1. The van der Waals surface area contributed by atoms with Crippen molar-refractivity contribution in [2.45, 2.75) is 104 Å². The molecule has 11 nitrogen and oxygen atoms in total. The van der Waals surface area contributed by atoms with E-state index in [1.54, 1.807) is 32.6 Å². The lowest BCUT2D eigenvalue weighted by atomic mass is 9.85. The van der Waals surface area contributed by atoms with Crippen LogP contribution in [-0.4, -0.2) is 95.5 Å². The third kappa shape index (κ3) is 9.42. The zero-order valence-electron chi connectivity index (χ0n) is 28.9. The van der Waals surface area contributed by atoms with Crippen LogP contribution in [0.5, 0.6) is 0 Å². The van der Waals surface area contributed by atoms with Crippen LogP contribution in [0.1, 0.15) is 67.4 Å². The van der Waals surface area contributed by atoms with Crippen molar-refractivity contribution in [3.05, 3.63) is 48.0 Å². The Morgan fingerprint density at radius 1 is 1.04 bits per heavy atom. The normalized spacial score (nSPS) is 19.6. The summed E-state index contributed by atoms with van der Waals surface area (Å²) in [6.45, 7) is 14.7. The number of rotatable bonds is 10. The number of aliphatic hydroxyl groups is 1. The molecule has 1 aliphatic heterocycles. The van der Waals surface area contributed by atoms with Crippen molar-refractivity contribution in [2.75, 3.05) is 20.7 Å². The van der Waals surface area contributed by atoms with Gasteiger partial charge < -0.3 is 24.8 Å². The van der Waals surface area contributed by atoms with E-state index in [1.165, 1.54) is 19.1 Å².